The summed E-state index contributed by atoms with van der Waals surface area (Å²) in [7, 11) is 0. The highest BCUT2D eigenvalue weighted by atomic mass is 19.4. The van der Waals surface area contributed by atoms with Crippen LogP contribution in [0.25, 0.3) is 0 Å². The fraction of sp³-hybridized carbons (Fsp3) is 0.115. The number of nitrogens with one attached hydrogen (secondary N) is 2. The van der Waals surface area contributed by atoms with Crippen molar-refractivity contribution in [2.45, 2.75) is 18.6 Å². The van der Waals surface area contributed by atoms with Gasteiger partial charge in [0.2, 0.25) is 11.7 Å². The van der Waals surface area contributed by atoms with Crippen molar-refractivity contribution in [2.75, 3.05) is 5.32 Å². The first-order chi connectivity index (χ1) is 16.8. The molecule has 0 radical (unpaired) electrons. The molecule has 1 atom stereocenters. The number of allylic oxidation sites excluding steroid dienone is 2. The van der Waals surface area contributed by atoms with Crippen molar-refractivity contribution in [1.82, 2.24) is 5.32 Å². The Hall–Kier alpha value is -4.40. The largest absolute Gasteiger partial charge is 0.416 e. The van der Waals surface area contributed by atoms with Gasteiger partial charge in [-0.2, -0.15) is 13.2 Å². The van der Waals surface area contributed by atoms with Crippen molar-refractivity contribution >= 4 is 23.1 Å². The Bertz CT molecular complexity index is 1300. The molecule has 0 saturated heterocycles. The summed E-state index contributed by atoms with van der Waals surface area (Å²) >= 11 is 0. The Morgan fingerprint density at radius 3 is 2.17 bits per heavy atom. The minimum Gasteiger partial charge on any atom is -0.410 e. The number of amides is 1. The normalized spacial score (nSPS) is 15.2. The number of carbonyl (C=O) groups is 2. The molecule has 1 aliphatic rings. The van der Waals surface area contributed by atoms with Gasteiger partial charge in [-0.25, -0.2) is 0 Å². The third-order valence-electron chi connectivity index (χ3n) is 5.49. The SMILES string of the molecule is O=C1C(NC(Cc2ccccc2)C(=O)Nc2ccc(C(F)(F)F)cc2)=CC(=NO)c2ccccc21. The smallest absolute Gasteiger partial charge is 0.410 e. The molecule has 0 fully saturated rings. The maximum Gasteiger partial charge on any atom is 0.416 e. The summed E-state index contributed by atoms with van der Waals surface area (Å²) in [5, 5.41) is 18.2. The number of Topliss-reactive ketones (excluding diaryl/α,β-unsaturated/α-hetero) is 1. The minimum atomic E-state index is -4.49. The first-order valence-corrected chi connectivity index (χ1v) is 10.6. The molecule has 3 aromatic carbocycles. The third kappa shape index (κ3) is 5.40. The van der Waals surface area contributed by atoms with Gasteiger partial charge in [-0.15, -0.1) is 0 Å². The molecule has 0 spiro atoms. The molecular weight excluding hydrogens is 459 g/mol. The Morgan fingerprint density at radius 2 is 1.54 bits per heavy atom. The lowest BCUT2D eigenvalue weighted by Gasteiger charge is -2.24. The van der Waals surface area contributed by atoms with Gasteiger partial charge in [0.25, 0.3) is 0 Å². The number of fused-ring (bicyclic) bond motifs is 1. The monoisotopic (exact) mass is 479 g/mol. The minimum absolute atomic E-state index is 0.0556. The number of alkyl halides is 3. The Kier molecular flexibility index (Phi) is 6.68. The number of oxime groups is 1. The summed E-state index contributed by atoms with van der Waals surface area (Å²) < 4.78 is 38.6. The van der Waals surface area contributed by atoms with E-state index in [4.69, 9.17) is 0 Å². The number of rotatable bonds is 6. The fourth-order valence-corrected chi connectivity index (χ4v) is 3.74. The van der Waals surface area contributed by atoms with Crippen molar-refractivity contribution in [3.63, 3.8) is 0 Å². The highest BCUT2D eigenvalue weighted by Crippen LogP contribution is 2.30. The second kappa shape index (κ2) is 9.84. The van der Waals surface area contributed by atoms with E-state index in [-0.39, 0.29) is 29.3 Å². The van der Waals surface area contributed by atoms with Crippen LogP contribution in [0.3, 0.4) is 0 Å². The van der Waals surface area contributed by atoms with Gasteiger partial charge in [0, 0.05) is 23.2 Å². The van der Waals surface area contributed by atoms with Gasteiger partial charge < -0.3 is 15.8 Å². The molecule has 1 aliphatic carbocycles. The molecular formula is C26H20F3N3O3. The summed E-state index contributed by atoms with van der Waals surface area (Å²) in [6.45, 7) is 0. The van der Waals surface area contributed by atoms with Crippen LogP contribution in [0.2, 0.25) is 0 Å². The summed E-state index contributed by atoms with van der Waals surface area (Å²) in [5.74, 6) is -0.933. The molecule has 0 bridgehead atoms. The molecule has 178 valence electrons. The summed E-state index contributed by atoms with van der Waals surface area (Å²) in [6.07, 6.45) is -2.95. The predicted octanol–water partition coefficient (Wildman–Crippen LogP) is 4.80. The van der Waals surface area contributed by atoms with Crippen molar-refractivity contribution in [1.29, 1.82) is 0 Å². The van der Waals surface area contributed by atoms with Crippen LogP contribution in [-0.2, 0) is 17.4 Å². The fourth-order valence-electron chi connectivity index (χ4n) is 3.74. The van der Waals surface area contributed by atoms with E-state index in [2.05, 4.69) is 15.8 Å². The molecule has 6 nitrogen and oxygen atoms in total. The van der Waals surface area contributed by atoms with Crippen LogP contribution in [0.4, 0.5) is 18.9 Å². The lowest BCUT2D eigenvalue weighted by atomic mass is 9.91. The molecule has 3 N–H and O–H groups in total. The van der Waals surface area contributed by atoms with E-state index >= 15 is 0 Å². The Labute approximate surface area is 198 Å². The predicted molar refractivity (Wildman–Crippen MR) is 124 cm³/mol. The third-order valence-corrected chi connectivity index (χ3v) is 5.49. The van der Waals surface area contributed by atoms with Gasteiger partial charge in [0.05, 0.1) is 11.3 Å². The molecule has 4 rings (SSSR count). The van der Waals surface area contributed by atoms with Gasteiger partial charge in [-0.3, -0.25) is 9.59 Å². The number of halogens is 3. The highest BCUT2D eigenvalue weighted by Gasteiger charge is 2.31. The molecule has 3 aromatic rings. The first kappa shape index (κ1) is 23.7. The lowest BCUT2D eigenvalue weighted by Crippen LogP contribution is -2.44. The van der Waals surface area contributed by atoms with Crippen LogP contribution >= 0.6 is 0 Å². The van der Waals surface area contributed by atoms with Gasteiger partial charge in [-0.05, 0) is 35.9 Å². The number of hydrogen-bond donors (Lipinski definition) is 3. The quantitative estimate of drug-likeness (QED) is 0.350. The van der Waals surface area contributed by atoms with Gasteiger partial charge in [0.1, 0.15) is 11.8 Å². The van der Waals surface area contributed by atoms with Crippen molar-refractivity contribution < 1.29 is 28.0 Å². The van der Waals surface area contributed by atoms with E-state index in [9.17, 15) is 28.0 Å². The number of ketones is 1. The van der Waals surface area contributed by atoms with E-state index in [1.54, 1.807) is 36.4 Å². The summed E-state index contributed by atoms with van der Waals surface area (Å²) in [6, 6.07) is 18.8. The van der Waals surface area contributed by atoms with Crippen LogP contribution in [-0.4, -0.2) is 28.7 Å². The van der Waals surface area contributed by atoms with E-state index in [0.29, 0.717) is 11.1 Å². The Morgan fingerprint density at radius 1 is 0.914 bits per heavy atom. The lowest BCUT2D eigenvalue weighted by molar-refractivity contribution is -0.137. The maximum atomic E-state index is 13.2. The average Bonchev–Trinajstić information content (AvgIpc) is 2.85. The van der Waals surface area contributed by atoms with Gasteiger partial charge in [0.15, 0.2) is 0 Å². The maximum absolute atomic E-state index is 13.2. The highest BCUT2D eigenvalue weighted by molar-refractivity contribution is 6.26. The second-order valence-electron chi connectivity index (χ2n) is 7.87. The zero-order valence-corrected chi connectivity index (χ0v) is 18.2. The average molecular weight is 479 g/mol. The van der Waals surface area contributed by atoms with Crippen LogP contribution < -0.4 is 10.6 Å². The van der Waals surface area contributed by atoms with E-state index in [1.165, 1.54) is 6.08 Å². The van der Waals surface area contributed by atoms with Crippen LogP contribution in [0.1, 0.15) is 27.0 Å². The molecule has 0 aromatic heterocycles. The number of benzene rings is 3. The van der Waals surface area contributed by atoms with Crippen LogP contribution in [0, 0.1) is 0 Å². The number of anilines is 1. The van der Waals surface area contributed by atoms with Gasteiger partial charge in [-0.1, -0.05) is 59.8 Å². The van der Waals surface area contributed by atoms with E-state index in [1.807, 2.05) is 18.2 Å². The van der Waals surface area contributed by atoms with Crippen molar-refractivity contribution in [3.8, 4) is 0 Å². The number of nitrogens with zero attached hydrogens (tertiary/aromatic N) is 1. The molecule has 0 heterocycles. The molecule has 9 heteroatoms. The summed E-state index contributed by atoms with van der Waals surface area (Å²) in [5.41, 5.74) is 1.13. The zero-order chi connectivity index (χ0) is 25.0. The number of hydrogen-bond acceptors (Lipinski definition) is 5. The van der Waals surface area contributed by atoms with Gasteiger partial charge >= 0.3 is 6.18 Å². The first-order valence-electron chi connectivity index (χ1n) is 10.6. The molecule has 0 aliphatic heterocycles. The molecule has 35 heavy (non-hydrogen) atoms. The van der Waals surface area contributed by atoms with E-state index in [0.717, 1.165) is 29.8 Å². The van der Waals surface area contributed by atoms with E-state index < -0.39 is 23.7 Å². The number of carbonyl (C=O) groups excluding carboxylic acids is 2. The zero-order valence-electron chi connectivity index (χ0n) is 18.2. The molecule has 0 saturated carbocycles. The van der Waals surface area contributed by atoms with Crippen molar-refractivity contribution in [3.05, 3.63) is 113 Å². The topological polar surface area (TPSA) is 90.8 Å². The van der Waals surface area contributed by atoms with Crippen molar-refractivity contribution in [2.24, 2.45) is 5.16 Å². The second-order valence-corrected chi connectivity index (χ2v) is 7.87. The Balaban J connectivity index is 1.60. The molecule has 1 amide bonds. The molecule has 1 unspecified atom stereocenters. The van der Waals surface area contributed by atoms with Crippen LogP contribution in [0.15, 0.2) is 95.8 Å². The summed E-state index contributed by atoms with van der Waals surface area (Å²) in [4.78, 5) is 26.2. The standard InChI is InChI=1S/C26H20F3N3O3/c27-26(28,29)17-10-12-18(13-11-17)30-25(34)23(14-16-6-2-1-3-7-16)31-22-15-21(32-35)19-8-4-5-9-20(19)24(22)33/h1-13,15,23,31,35H,14H2,(H,30,34). The van der Waals surface area contributed by atoms with Crippen LogP contribution in [0.5, 0.6) is 0 Å².